The molecule has 146 valence electrons. The molecule has 0 atom stereocenters. The molecule has 2 heterocycles. The van der Waals surface area contributed by atoms with Crippen molar-refractivity contribution in [3.8, 4) is 0 Å². The fourth-order valence-electron chi connectivity index (χ4n) is 3.26. The standard InChI is InChI=1S/C22H30N2O3/c1-2-4-20(5-3-1)18-26-16-14-25-15-17-27-19-21-8-12-24(13-9-21)22-6-10-23-11-7-22/h1-7,10-11,21H,8-9,12-19H2. The van der Waals surface area contributed by atoms with E-state index in [0.717, 1.165) is 19.7 Å². The van der Waals surface area contributed by atoms with Gasteiger partial charge in [-0.15, -0.1) is 0 Å². The van der Waals surface area contributed by atoms with E-state index in [1.165, 1.54) is 24.1 Å². The molecule has 0 bridgehead atoms. The molecule has 0 saturated carbocycles. The number of piperidine rings is 1. The molecule has 1 saturated heterocycles. The van der Waals surface area contributed by atoms with Gasteiger partial charge in [-0.1, -0.05) is 30.3 Å². The van der Waals surface area contributed by atoms with Crippen LogP contribution in [-0.4, -0.2) is 51.1 Å². The summed E-state index contributed by atoms with van der Waals surface area (Å²) < 4.78 is 17.0. The van der Waals surface area contributed by atoms with E-state index >= 15 is 0 Å². The Bertz CT molecular complexity index is 616. The minimum absolute atomic E-state index is 0.612. The smallest absolute Gasteiger partial charge is 0.0718 e. The average molecular weight is 370 g/mol. The number of hydrogen-bond donors (Lipinski definition) is 0. The summed E-state index contributed by atoms with van der Waals surface area (Å²) in [5.41, 5.74) is 2.46. The van der Waals surface area contributed by atoms with E-state index in [2.05, 4.69) is 34.1 Å². The van der Waals surface area contributed by atoms with Crippen LogP contribution in [0.1, 0.15) is 18.4 Å². The number of nitrogens with zero attached hydrogens (tertiary/aromatic N) is 2. The van der Waals surface area contributed by atoms with Gasteiger partial charge in [0.25, 0.3) is 0 Å². The molecule has 1 aliphatic rings. The van der Waals surface area contributed by atoms with Gasteiger partial charge in [0.15, 0.2) is 0 Å². The number of pyridine rings is 1. The number of rotatable bonds is 11. The second-order valence-corrected chi connectivity index (χ2v) is 6.86. The molecule has 2 aromatic rings. The van der Waals surface area contributed by atoms with E-state index < -0.39 is 0 Å². The Labute approximate surface area is 162 Å². The van der Waals surface area contributed by atoms with Crippen molar-refractivity contribution in [1.29, 1.82) is 0 Å². The molecule has 1 aromatic carbocycles. The number of benzene rings is 1. The molecule has 1 aromatic heterocycles. The molecule has 5 nitrogen and oxygen atoms in total. The number of aromatic nitrogens is 1. The predicted molar refractivity (Wildman–Crippen MR) is 107 cm³/mol. The van der Waals surface area contributed by atoms with Crippen LogP contribution in [0, 0.1) is 5.92 Å². The first-order chi connectivity index (χ1) is 13.4. The monoisotopic (exact) mass is 370 g/mol. The van der Waals surface area contributed by atoms with Crippen LogP contribution in [0.4, 0.5) is 5.69 Å². The SMILES string of the molecule is c1ccc(COCCOCCOCC2CCN(c3ccncc3)CC2)cc1. The summed E-state index contributed by atoms with van der Waals surface area (Å²) in [6, 6.07) is 14.4. The lowest BCUT2D eigenvalue weighted by atomic mass is 9.97. The Hall–Kier alpha value is -1.95. The molecule has 0 unspecified atom stereocenters. The van der Waals surface area contributed by atoms with Gasteiger partial charge in [-0.3, -0.25) is 4.98 Å². The predicted octanol–water partition coefficient (Wildman–Crippen LogP) is 3.55. The van der Waals surface area contributed by atoms with Crippen LogP contribution in [0.2, 0.25) is 0 Å². The van der Waals surface area contributed by atoms with E-state index in [1.54, 1.807) is 0 Å². The van der Waals surface area contributed by atoms with Crippen LogP contribution >= 0.6 is 0 Å². The second-order valence-electron chi connectivity index (χ2n) is 6.86. The van der Waals surface area contributed by atoms with Gasteiger partial charge in [0.2, 0.25) is 0 Å². The molecule has 1 fully saturated rings. The van der Waals surface area contributed by atoms with Crippen molar-refractivity contribution in [1.82, 2.24) is 4.98 Å². The largest absolute Gasteiger partial charge is 0.379 e. The number of hydrogen-bond acceptors (Lipinski definition) is 5. The minimum atomic E-state index is 0.612. The molecule has 27 heavy (non-hydrogen) atoms. The normalized spacial score (nSPS) is 15.2. The Kier molecular flexibility index (Phi) is 8.58. The van der Waals surface area contributed by atoms with E-state index in [1.807, 2.05) is 30.6 Å². The van der Waals surface area contributed by atoms with Crippen molar-refractivity contribution in [2.45, 2.75) is 19.4 Å². The number of anilines is 1. The van der Waals surface area contributed by atoms with Crippen LogP contribution in [0.5, 0.6) is 0 Å². The lowest BCUT2D eigenvalue weighted by molar-refractivity contribution is 0.00243. The fourth-order valence-corrected chi connectivity index (χ4v) is 3.26. The molecule has 1 aliphatic heterocycles. The summed E-state index contributed by atoms with van der Waals surface area (Å²) >= 11 is 0. The van der Waals surface area contributed by atoms with E-state index in [0.29, 0.717) is 39.0 Å². The van der Waals surface area contributed by atoms with E-state index in [-0.39, 0.29) is 0 Å². The zero-order chi connectivity index (χ0) is 18.6. The Morgan fingerprint density at radius 1 is 0.815 bits per heavy atom. The third-order valence-electron chi connectivity index (χ3n) is 4.85. The molecule has 0 aliphatic carbocycles. The van der Waals surface area contributed by atoms with Crippen molar-refractivity contribution in [3.05, 3.63) is 60.4 Å². The number of ether oxygens (including phenoxy) is 3. The molecule has 0 amide bonds. The molecule has 0 spiro atoms. The summed E-state index contributed by atoms with van der Waals surface area (Å²) in [5.74, 6) is 0.650. The fraction of sp³-hybridized carbons (Fsp3) is 0.500. The van der Waals surface area contributed by atoms with Crippen molar-refractivity contribution in [2.24, 2.45) is 5.92 Å². The van der Waals surface area contributed by atoms with Crippen LogP contribution in [0.15, 0.2) is 54.9 Å². The zero-order valence-corrected chi connectivity index (χ0v) is 16.0. The lowest BCUT2D eigenvalue weighted by Gasteiger charge is -2.33. The quantitative estimate of drug-likeness (QED) is 0.566. The molecular formula is C22H30N2O3. The third kappa shape index (κ3) is 7.29. The summed E-state index contributed by atoms with van der Waals surface area (Å²) in [7, 11) is 0. The Morgan fingerprint density at radius 3 is 2.22 bits per heavy atom. The van der Waals surface area contributed by atoms with Gasteiger partial charge in [0.1, 0.15) is 0 Å². The highest BCUT2D eigenvalue weighted by Crippen LogP contribution is 2.22. The van der Waals surface area contributed by atoms with Crippen molar-refractivity contribution >= 4 is 5.69 Å². The third-order valence-corrected chi connectivity index (χ3v) is 4.85. The Morgan fingerprint density at radius 2 is 1.48 bits per heavy atom. The van der Waals surface area contributed by atoms with Crippen LogP contribution in [0.25, 0.3) is 0 Å². The van der Waals surface area contributed by atoms with Gasteiger partial charge in [0.05, 0.1) is 33.0 Å². The van der Waals surface area contributed by atoms with Gasteiger partial charge in [-0.2, -0.15) is 0 Å². The van der Waals surface area contributed by atoms with Crippen LogP contribution < -0.4 is 4.90 Å². The van der Waals surface area contributed by atoms with Crippen LogP contribution in [0.3, 0.4) is 0 Å². The van der Waals surface area contributed by atoms with Crippen LogP contribution in [-0.2, 0) is 20.8 Å². The van der Waals surface area contributed by atoms with Crippen molar-refractivity contribution in [3.63, 3.8) is 0 Å². The van der Waals surface area contributed by atoms with Crippen molar-refractivity contribution in [2.75, 3.05) is 51.0 Å². The van der Waals surface area contributed by atoms with Gasteiger partial charge in [0, 0.05) is 37.8 Å². The van der Waals surface area contributed by atoms with Gasteiger partial charge in [-0.25, -0.2) is 0 Å². The first kappa shape index (κ1) is 19.8. The summed E-state index contributed by atoms with van der Waals surface area (Å²) in [6.07, 6.45) is 6.07. The zero-order valence-electron chi connectivity index (χ0n) is 16.0. The summed E-state index contributed by atoms with van der Waals surface area (Å²) in [6.45, 7) is 6.16. The highest BCUT2D eigenvalue weighted by molar-refractivity contribution is 5.44. The van der Waals surface area contributed by atoms with E-state index in [9.17, 15) is 0 Å². The molecular weight excluding hydrogens is 340 g/mol. The Balaban J connectivity index is 1.15. The highest BCUT2D eigenvalue weighted by atomic mass is 16.5. The topological polar surface area (TPSA) is 43.8 Å². The molecule has 5 heteroatoms. The highest BCUT2D eigenvalue weighted by Gasteiger charge is 2.19. The first-order valence-electron chi connectivity index (χ1n) is 9.84. The van der Waals surface area contributed by atoms with E-state index in [4.69, 9.17) is 14.2 Å². The second kappa shape index (κ2) is 11.7. The molecule has 0 N–H and O–H groups in total. The molecule has 0 radical (unpaired) electrons. The molecule has 3 rings (SSSR count). The summed E-state index contributed by atoms with van der Waals surface area (Å²) in [5, 5.41) is 0. The van der Waals surface area contributed by atoms with Gasteiger partial charge >= 0.3 is 0 Å². The maximum Gasteiger partial charge on any atom is 0.0718 e. The minimum Gasteiger partial charge on any atom is -0.379 e. The lowest BCUT2D eigenvalue weighted by Crippen LogP contribution is -2.35. The van der Waals surface area contributed by atoms with Gasteiger partial charge < -0.3 is 19.1 Å². The maximum absolute atomic E-state index is 5.80. The first-order valence-corrected chi connectivity index (χ1v) is 9.84. The maximum atomic E-state index is 5.80. The van der Waals surface area contributed by atoms with Crippen molar-refractivity contribution < 1.29 is 14.2 Å². The summed E-state index contributed by atoms with van der Waals surface area (Å²) in [4.78, 5) is 6.51. The average Bonchev–Trinajstić information content (AvgIpc) is 2.74. The van der Waals surface area contributed by atoms with Gasteiger partial charge in [-0.05, 0) is 36.5 Å².